The van der Waals surface area contributed by atoms with Crippen molar-refractivity contribution < 1.29 is 42.7 Å². The maximum atomic E-state index is 12.5. The van der Waals surface area contributed by atoms with E-state index in [-0.39, 0.29) is 13.0 Å². The third-order valence-electron chi connectivity index (χ3n) is 8.21. The monoisotopic (exact) mass is 717 g/mol. The van der Waals surface area contributed by atoms with Crippen LogP contribution in [-0.2, 0) is 32.7 Å². The average Bonchev–Trinajstić information content (AvgIpc) is 3.07. The van der Waals surface area contributed by atoms with Gasteiger partial charge in [-0.3, -0.25) is 18.6 Å². The lowest BCUT2D eigenvalue weighted by Gasteiger charge is -2.20. The summed E-state index contributed by atoms with van der Waals surface area (Å²) in [6.07, 6.45) is 35.1. The van der Waals surface area contributed by atoms with Crippen LogP contribution in [0.1, 0.15) is 168 Å². The molecule has 0 amide bonds. The Morgan fingerprint density at radius 1 is 0.653 bits per heavy atom. The highest BCUT2D eigenvalue weighted by atomic mass is 31.2. The Hall–Kier alpha value is -1.55. The first-order valence-corrected chi connectivity index (χ1v) is 20.9. The van der Waals surface area contributed by atoms with E-state index in [0.29, 0.717) is 13.0 Å². The van der Waals surface area contributed by atoms with Gasteiger partial charge in [0.15, 0.2) is 0 Å². The first kappa shape index (κ1) is 47.4. The van der Waals surface area contributed by atoms with E-state index < -0.39 is 45.1 Å². The summed E-state index contributed by atoms with van der Waals surface area (Å²) in [5.41, 5.74) is 5.34. The topological polar surface area (TPSA) is 155 Å². The van der Waals surface area contributed by atoms with Crippen molar-refractivity contribution in [2.75, 3.05) is 26.4 Å². The maximum Gasteiger partial charge on any atom is 0.472 e. The molecule has 0 saturated carbocycles. The van der Waals surface area contributed by atoms with Crippen molar-refractivity contribution in [2.45, 2.75) is 180 Å². The molecule has 4 N–H and O–H groups in total. The van der Waals surface area contributed by atoms with Crippen molar-refractivity contribution in [1.82, 2.24) is 0 Å². The lowest BCUT2D eigenvalue weighted by Crippen LogP contribution is -2.34. The van der Waals surface area contributed by atoms with Gasteiger partial charge in [0.2, 0.25) is 0 Å². The molecule has 0 spiro atoms. The fraction of sp³-hybridized carbons (Fsp3) is 0.842. The van der Waals surface area contributed by atoms with Crippen molar-refractivity contribution in [1.29, 1.82) is 0 Å². The highest BCUT2D eigenvalue weighted by Crippen LogP contribution is 2.43. The zero-order valence-electron chi connectivity index (χ0n) is 31.0. The van der Waals surface area contributed by atoms with Gasteiger partial charge in [0.05, 0.1) is 19.8 Å². The molecular weight excluding hydrogens is 645 g/mol. The number of carbonyl (C=O) groups excluding carboxylic acids is 1. The Kier molecular flexibility index (Phi) is 33.8. The number of carboxylic acid groups (broad SMARTS) is 1. The highest BCUT2D eigenvalue weighted by molar-refractivity contribution is 7.47. The quantitative estimate of drug-likeness (QED) is 0.0245. The number of phosphoric acid groups is 1. The zero-order chi connectivity index (χ0) is 36.3. The summed E-state index contributed by atoms with van der Waals surface area (Å²) in [7, 11) is -4.61. The fourth-order valence-electron chi connectivity index (χ4n) is 5.17. The molecule has 0 radical (unpaired) electrons. The van der Waals surface area contributed by atoms with Crippen LogP contribution in [0.4, 0.5) is 0 Å². The van der Waals surface area contributed by atoms with E-state index in [0.717, 1.165) is 64.2 Å². The molecule has 0 saturated heterocycles. The van der Waals surface area contributed by atoms with Crippen LogP contribution in [0.2, 0.25) is 0 Å². The Balaban J connectivity index is 4.30. The predicted molar refractivity (Wildman–Crippen MR) is 198 cm³/mol. The van der Waals surface area contributed by atoms with Gasteiger partial charge < -0.3 is 25.2 Å². The molecule has 0 bridgehead atoms. The standard InChI is InChI=1S/C38H72NO9P/c1-3-5-7-9-11-13-15-17-19-21-23-25-27-29-31-45-32-35(33-46-49(43,44)47-34-36(39)38(41)42)48-37(40)30-28-26-24-22-20-18-16-14-12-10-8-6-4-2/h8,10,14,16,35-36H,3-7,9,11-13,15,17-34,39H2,1-2H3,(H,41,42)(H,43,44)/b10-8-,16-14-. The number of carbonyl (C=O) groups is 2. The van der Waals surface area contributed by atoms with E-state index in [9.17, 15) is 19.0 Å². The molecule has 3 atom stereocenters. The van der Waals surface area contributed by atoms with Crippen LogP contribution in [0.5, 0.6) is 0 Å². The van der Waals surface area contributed by atoms with Crippen molar-refractivity contribution in [2.24, 2.45) is 5.73 Å². The van der Waals surface area contributed by atoms with Crippen LogP contribution in [0.25, 0.3) is 0 Å². The van der Waals surface area contributed by atoms with Crippen molar-refractivity contribution in [3.05, 3.63) is 24.3 Å². The summed E-state index contributed by atoms with van der Waals surface area (Å²) in [6, 6.07) is -1.47. The molecule has 0 aromatic carbocycles. The number of rotatable bonds is 37. The Labute approximate surface area is 298 Å². The van der Waals surface area contributed by atoms with E-state index in [1.165, 1.54) is 77.0 Å². The minimum absolute atomic E-state index is 0.0146. The smallest absolute Gasteiger partial charge is 0.472 e. The molecule has 11 heteroatoms. The molecule has 0 heterocycles. The lowest BCUT2D eigenvalue weighted by atomic mass is 10.0. The number of phosphoric ester groups is 1. The van der Waals surface area contributed by atoms with Gasteiger partial charge in [-0.15, -0.1) is 0 Å². The summed E-state index contributed by atoms with van der Waals surface area (Å²) >= 11 is 0. The molecule has 0 aliphatic rings. The number of hydrogen-bond acceptors (Lipinski definition) is 8. The van der Waals surface area contributed by atoms with Gasteiger partial charge in [-0.2, -0.15) is 0 Å². The Bertz CT molecular complexity index is 883. The van der Waals surface area contributed by atoms with E-state index in [1.807, 2.05) is 0 Å². The largest absolute Gasteiger partial charge is 0.480 e. The van der Waals surface area contributed by atoms with Crippen LogP contribution in [0.15, 0.2) is 24.3 Å². The van der Waals surface area contributed by atoms with E-state index >= 15 is 0 Å². The molecule has 3 unspecified atom stereocenters. The number of carboxylic acids is 1. The van der Waals surface area contributed by atoms with Gasteiger partial charge in [0.25, 0.3) is 0 Å². The van der Waals surface area contributed by atoms with Crippen molar-refractivity contribution in [3.63, 3.8) is 0 Å². The molecule has 10 nitrogen and oxygen atoms in total. The number of nitrogens with two attached hydrogens (primary N) is 1. The third-order valence-corrected chi connectivity index (χ3v) is 9.17. The van der Waals surface area contributed by atoms with Crippen LogP contribution in [0.3, 0.4) is 0 Å². The Morgan fingerprint density at radius 2 is 1.16 bits per heavy atom. The first-order valence-electron chi connectivity index (χ1n) is 19.4. The minimum atomic E-state index is -4.61. The summed E-state index contributed by atoms with van der Waals surface area (Å²) < 4.78 is 33.2. The number of aliphatic carboxylic acids is 1. The molecular formula is C38H72NO9P. The maximum absolute atomic E-state index is 12.5. The molecule has 0 rings (SSSR count). The summed E-state index contributed by atoms with van der Waals surface area (Å²) in [5, 5.41) is 8.86. The van der Waals surface area contributed by atoms with Crippen LogP contribution in [0, 0.1) is 0 Å². The lowest BCUT2D eigenvalue weighted by molar-refractivity contribution is -0.154. The molecule has 0 aromatic heterocycles. The number of unbranched alkanes of at least 4 members (excludes halogenated alkanes) is 19. The average molecular weight is 718 g/mol. The van der Waals surface area contributed by atoms with E-state index in [2.05, 4.69) is 38.2 Å². The second-order valence-electron chi connectivity index (χ2n) is 13.1. The molecule has 0 aliphatic heterocycles. The van der Waals surface area contributed by atoms with Crippen LogP contribution >= 0.6 is 7.82 Å². The van der Waals surface area contributed by atoms with E-state index in [4.69, 9.17) is 29.4 Å². The minimum Gasteiger partial charge on any atom is -0.480 e. The zero-order valence-corrected chi connectivity index (χ0v) is 31.9. The number of esters is 1. The van der Waals surface area contributed by atoms with E-state index in [1.54, 1.807) is 0 Å². The summed E-state index contributed by atoms with van der Waals surface area (Å²) in [4.78, 5) is 33.4. The van der Waals surface area contributed by atoms with Gasteiger partial charge in [0.1, 0.15) is 12.1 Å². The molecule has 0 aromatic rings. The highest BCUT2D eigenvalue weighted by Gasteiger charge is 2.27. The predicted octanol–water partition coefficient (Wildman–Crippen LogP) is 9.97. The van der Waals surface area contributed by atoms with Gasteiger partial charge >= 0.3 is 19.8 Å². The molecule has 288 valence electrons. The fourth-order valence-corrected chi connectivity index (χ4v) is 5.95. The van der Waals surface area contributed by atoms with Crippen LogP contribution in [-0.4, -0.2) is 60.5 Å². The second kappa shape index (κ2) is 34.9. The summed E-state index contributed by atoms with van der Waals surface area (Å²) in [5.74, 6) is -1.79. The normalized spacial score (nSPS) is 14.4. The van der Waals surface area contributed by atoms with Gasteiger partial charge in [-0.05, 0) is 38.5 Å². The number of hydrogen-bond donors (Lipinski definition) is 3. The van der Waals surface area contributed by atoms with Crippen molar-refractivity contribution in [3.8, 4) is 0 Å². The van der Waals surface area contributed by atoms with Crippen LogP contribution < -0.4 is 5.73 Å². The van der Waals surface area contributed by atoms with Gasteiger partial charge in [-0.1, -0.05) is 147 Å². The third kappa shape index (κ3) is 34.7. The second-order valence-corrected chi connectivity index (χ2v) is 14.5. The first-order chi connectivity index (χ1) is 23.7. The molecule has 0 fully saturated rings. The number of allylic oxidation sites excluding steroid dienone is 4. The Morgan fingerprint density at radius 3 is 1.73 bits per heavy atom. The molecule has 0 aliphatic carbocycles. The summed E-state index contributed by atoms with van der Waals surface area (Å²) in [6.45, 7) is 3.80. The number of ether oxygens (including phenoxy) is 2. The van der Waals surface area contributed by atoms with Gasteiger partial charge in [0, 0.05) is 13.0 Å². The van der Waals surface area contributed by atoms with Crippen molar-refractivity contribution >= 4 is 19.8 Å². The van der Waals surface area contributed by atoms with Gasteiger partial charge in [-0.25, -0.2) is 4.57 Å². The molecule has 49 heavy (non-hydrogen) atoms. The SMILES string of the molecule is CCC/C=C\C/C=C\CCCCCCCC(=O)OC(COCCCCCCCCCCCCCCCC)COP(=O)(O)OCC(N)C(=O)O.